The average Bonchev–Trinajstić information content (AvgIpc) is 3.63. The summed E-state index contributed by atoms with van der Waals surface area (Å²) in [7, 11) is 0. The minimum absolute atomic E-state index is 0.0864. The third-order valence-electron chi connectivity index (χ3n) is 5.23. The largest absolute Gasteiger partial charge is 0.488 e. The highest BCUT2D eigenvalue weighted by molar-refractivity contribution is 5.97. The molecule has 1 fully saturated rings. The molecule has 0 heterocycles. The minimum Gasteiger partial charge on any atom is -0.488 e. The summed E-state index contributed by atoms with van der Waals surface area (Å²) in [5.74, 6) is 0.626. The van der Waals surface area contributed by atoms with Gasteiger partial charge in [0.15, 0.2) is 0 Å². The van der Waals surface area contributed by atoms with Crippen molar-refractivity contribution in [3.05, 3.63) is 95.1 Å². The number of hydrogen-bond acceptors (Lipinski definition) is 3. The molecule has 1 aliphatic carbocycles. The van der Waals surface area contributed by atoms with Crippen molar-refractivity contribution in [2.24, 2.45) is 5.92 Å². The van der Waals surface area contributed by atoms with E-state index in [4.69, 9.17) is 4.74 Å². The quantitative estimate of drug-likeness (QED) is 0.554. The molecule has 3 aromatic rings. The van der Waals surface area contributed by atoms with E-state index in [1.807, 2.05) is 67.6 Å². The number of amides is 2. The molecule has 31 heavy (non-hydrogen) atoms. The van der Waals surface area contributed by atoms with Crippen molar-refractivity contribution < 1.29 is 14.3 Å². The van der Waals surface area contributed by atoms with Gasteiger partial charge in [-0.3, -0.25) is 9.59 Å². The third-order valence-corrected chi connectivity index (χ3v) is 5.23. The maximum absolute atomic E-state index is 12.8. The molecule has 1 saturated carbocycles. The SMILES string of the molecule is Cc1cccc(COc2ccccc2C(=O)NCc2ccc(NC(=O)C3CC3)cc2)c1. The molecular formula is C26H26N2O3. The highest BCUT2D eigenvalue weighted by atomic mass is 16.5. The van der Waals surface area contributed by atoms with Crippen LogP contribution in [-0.4, -0.2) is 11.8 Å². The van der Waals surface area contributed by atoms with Crippen LogP contribution in [0.5, 0.6) is 5.75 Å². The lowest BCUT2D eigenvalue weighted by Crippen LogP contribution is -2.23. The highest BCUT2D eigenvalue weighted by Crippen LogP contribution is 2.30. The summed E-state index contributed by atoms with van der Waals surface area (Å²) >= 11 is 0. The van der Waals surface area contributed by atoms with E-state index in [0.29, 0.717) is 24.5 Å². The van der Waals surface area contributed by atoms with Crippen LogP contribution in [0.3, 0.4) is 0 Å². The minimum atomic E-state index is -0.189. The molecule has 0 aliphatic heterocycles. The number of anilines is 1. The predicted octanol–water partition coefficient (Wildman–Crippen LogP) is 4.85. The van der Waals surface area contributed by atoms with Crippen molar-refractivity contribution in [1.82, 2.24) is 5.32 Å². The van der Waals surface area contributed by atoms with Gasteiger partial charge in [-0.1, -0.05) is 54.1 Å². The Labute approximate surface area is 182 Å². The Morgan fingerprint density at radius 3 is 2.45 bits per heavy atom. The summed E-state index contributed by atoms with van der Waals surface area (Å²) in [6.45, 7) is 2.83. The van der Waals surface area contributed by atoms with Crippen molar-refractivity contribution in [2.45, 2.75) is 32.9 Å². The summed E-state index contributed by atoms with van der Waals surface area (Å²) in [4.78, 5) is 24.6. The van der Waals surface area contributed by atoms with Gasteiger partial charge in [0.2, 0.25) is 5.91 Å². The molecule has 2 N–H and O–H groups in total. The first-order valence-electron chi connectivity index (χ1n) is 10.5. The molecule has 5 heteroatoms. The van der Waals surface area contributed by atoms with E-state index in [2.05, 4.69) is 16.7 Å². The molecule has 1 aliphatic rings. The smallest absolute Gasteiger partial charge is 0.255 e. The maximum Gasteiger partial charge on any atom is 0.255 e. The van der Waals surface area contributed by atoms with Gasteiger partial charge in [-0.15, -0.1) is 0 Å². The van der Waals surface area contributed by atoms with Crippen LogP contribution in [0.25, 0.3) is 0 Å². The van der Waals surface area contributed by atoms with Crippen molar-refractivity contribution in [3.63, 3.8) is 0 Å². The zero-order valence-corrected chi connectivity index (χ0v) is 17.6. The Kier molecular flexibility index (Phi) is 6.32. The van der Waals surface area contributed by atoms with E-state index in [1.165, 1.54) is 5.56 Å². The average molecular weight is 415 g/mol. The molecule has 0 bridgehead atoms. The van der Waals surface area contributed by atoms with E-state index in [-0.39, 0.29) is 17.7 Å². The van der Waals surface area contributed by atoms with Gasteiger partial charge in [0.1, 0.15) is 12.4 Å². The highest BCUT2D eigenvalue weighted by Gasteiger charge is 2.29. The summed E-state index contributed by atoms with van der Waals surface area (Å²) in [6.07, 6.45) is 1.96. The second-order valence-corrected chi connectivity index (χ2v) is 7.92. The lowest BCUT2D eigenvalue weighted by molar-refractivity contribution is -0.117. The maximum atomic E-state index is 12.8. The monoisotopic (exact) mass is 414 g/mol. The number of hydrogen-bond donors (Lipinski definition) is 2. The fraction of sp³-hybridized carbons (Fsp3) is 0.231. The van der Waals surface area contributed by atoms with Gasteiger partial charge in [-0.05, 0) is 55.2 Å². The van der Waals surface area contributed by atoms with Gasteiger partial charge in [-0.2, -0.15) is 0 Å². The Bertz CT molecular complexity index is 1070. The van der Waals surface area contributed by atoms with Crippen LogP contribution in [0.15, 0.2) is 72.8 Å². The Hall–Kier alpha value is -3.60. The molecule has 4 rings (SSSR count). The van der Waals surface area contributed by atoms with E-state index in [0.717, 1.165) is 29.7 Å². The molecule has 5 nitrogen and oxygen atoms in total. The Morgan fingerprint density at radius 2 is 1.71 bits per heavy atom. The van der Waals surface area contributed by atoms with Crippen LogP contribution in [0, 0.1) is 12.8 Å². The van der Waals surface area contributed by atoms with Crippen LogP contribution in [0.2, 0.25) is 0 Å². The molecule has 158 valence electrons. The lowest BCUT2D eigenvalue weighted by atomic mass is 10.1. The van der Waals surface area contributed by atoms with E-state index in [9.17, 15) is 9.59 Å². The predicted molar refractivity (Wildman–Crippen MR) is 121 cm³/mol. The first kappa shape index (κ1) is 20.7. The molecule has 0 atom stereocenters. The van der Waals surface area contributed by atoms with Crippen molar-refractivity contribution in [1.29, 1.82) is 0 Å². The van der Waals surface area contributed by atoms with Gasteiger partial charge in [0.05, 0.1) is 5.56 Å². The first-order chi connectivity index (χ1) is 15.1. The standard InChI is InChI=1S/C26H26N2O3/c1-18-5-4-6-20(15-18)17-31-24-8-3-2-7-23(24)26(30)27-16-19-9-13-22(14-10-19)28-25(29)21-11-12-21/h2-10,13-15,21H,11-12,16-17H2,1H3,(H,27,30)(H,28,29). The van der Waals surface area contributed by atoms with Crippen LogP contribution in [0.1, 0.15) is 39.9 Å². The molecule has 2 amide bonds. The number of para-hydroxylation sites is 1. The Balaban J connectivity index is 1.33. The number of nitrogens with one attached hydrogen (secondary N) is 2. The van der Waals surface area contributed by atoms with E-state index in [1.54, 1.807) is 6.07 Å². The summed E-state index contributed by atoms with van der Waals surface area (Å²) in [5.41, 5.74) is 4.47. The normalized spacial score (nSPS) is 12.8. The molecule has 0 aromatic heterocycles. The second kappa shape index (κ2) is 9.47. The lowest BCUT2D eigenvalue weighted by Gasteiger charge is -2.12. The number of aryl methyl sites for hydroxylation is 1. The van der Waals surface area contributed by atoms with Gasteiger partial charge in [0.25, 0.3) is 5.91 Å². The van der Waals surface area contributed by atoms with E-state index < -0.39 is 0 Å². The van der Waals surface area contributed by atoms with Crippen LogP contribution < -0.4 is 15.4 Å². The van der Waals surface area contributed by atoms with Gasteiger partial charge in [-0.25, -0.2) is 0 Å². The topological polar surface area (TPSA) is 67.4 Å². The molecule has 0 spiro atoms. The number of carbonyl (C=O) groups excluding carboxylic acids is 2. The van der Waals surface area contributed by atoms with Crippen LogP contribution in [0.4, 0.5) is 5.69 Å². The molecular weight excluding hydrogens is 388 g/mol. The van der Waals surface area contributed by atoms with Crippen LogP contribution in [-0.2, 0) is 17.9 Å². The molecule has 0 unspecified atom stereocenters. The summed E-state index contributed by atoms with van der Waals surface area (Å²) in [6, 6.07) is 22.9. The number of rotatable bonds is 8. The fourth-order valence-corrected chi connectivity index (χ4v) is 3.32. The zero-order valence-electron chi connectivity index (χ0n) is 17.6. The van der Waals surface area contributed by atoms with Gasteiger partial charge < -0.3 is 15.4 Å². The first-order valence-corrected chi connectivity index (χ1v) is 10.5. The molecule has 3 aromatic carbocycles. The number of carbonyl (C=O) groups is 2. The zero-order chi connectivity index (χ0) is 21.6. The Morgan fingerprint density at radius 1 is 0.935 bits per heavy atom. The van der Waals surface area contributed by atoms with E-state index >= 15 is 0 Å². The number of benzene rings is 3. The second-order valence-electron chi connectivity index (χ2n) is 7.92. The van der Waals surface area contributed by atoms with Gasteiger partial charge in [0, 0.05) is 18.2 Å². The van der Waals surface area contributed by atoms with Crippen molar-refractivity contribution in [2.75, 3.05) is 5.32 Å². The van der Waals surface area contributed by atoms with Crippen molar-refractivity contribution >= 4 is 17.5 Å². The summed E-state index contributed by atoms with van der Waals surface area (Å²) < 4.78 is 5.93. The number of ether oxygens (including phenoxy) is 1. The third kappa shape index (κ3) is 5.72. The molecule has 0 saturated heterocycles. The summed E-state index contributed by atoms with van der Waals surface area (Å²) in [5, 5.41) is 5.86. The molecule has 0 radical (unpaired) electrons. The van der Waals surface area contributed by atoms with Gasteiger partial charge >= 0.3 is 0 Å². The fourth-order valence-electron chi connectivity index (χ4n) is 3.32. The van der Waals surface area contributed by atoms with Crippen LogP contribution >= 0.6 is 0 Å². The van der Waals surface area contributed by atoms with Crippen molar-refractivity contribution in [3.8, 4) is 5.75 Å².